The number of rotatable bonds is 3. The van der Waals surface area contributed by atoms with E-state index in [1.807, 2.05) is 0 Å². The molecule has 0 spiro atoms. The molecular formula is C12H7BrCl2FNO. The third-order valence-electron chi connectivity index (χ3n) is 2.13. The van der Waals surface area contributed by atoms with E-state index in [-0.39, 0.29) is 11.7 Å². The first-order valence-corrected chi connectivity index (χ1v) is 6.65. The fraction of sp³-hybridized carbons (Fsp3) is 0.0833. The molecule has 18 heavy (non-hydrogen) atoms. The number of nitrogens with zero attached hydrogens (tertiary/aromatic N) is 1. The highest BCUT2D eigenvalue weighted by Gasteiger charge is 2.08. The van der Waals surface area contributed by atoms with Crippen molar-refractivity contribution in [3.05, 3.63) is 51.3 Å². The van der Waals surface area contributed by atoms with Crippen molar-refractivity contribution in [1.29, 1.82) is 0 Å². The minimum Gasteiger partial charge on any atom is -0.438 e. The van der Waals surface area contributed by atoms with Crippen LogP contribution < -0.4 is 4.74 Å². The first kappa shape index (κ1) is 13.6. The summed E-state index contributed by atoms with van der Waals surface area (Å²) in [4.78, 5) is 4.13. The van der Waals surface area contributed by atoms with Crippen molar-refractivity contribution in [3.63, 3.8) is 0 Å². The first-order chi connectivity index (χ1) is 8.60. The molecule has 0 fully saturated rings. The Morgan fingerprint density at radius 3 is 2.78 bits per heavy atom. The molecule has 6 heteroatoms. The van der Waals surface area contributed by atoms with Crippen LogP contribution in [-0.4, -0.2) is 4.98 Å². The van der Waals surface area contributed by atoms with E-state index in [0.717, 1.165) is 0 Å². The standard InChI is InChI=1S/C12H7BrCl2FNO/c13-8-2-1-7(16)5-11(8)18-12-4-3-9(15)10(6-14)17-12/h1-5H,6H2. The highest BCUT2D eigenvalue weighted by atomic mass is 79.9. The molecule has 0 aliphatic carbocycles. The maximum Gasteiger partial charge on any atom is 0.219 e. The summed E-state index contributed by atoms with van der Waals surface area (Å²) in [6.45, 7) is 0. The number of benzene rings is 1. The van der Waals surface area contributed by atoms with E-state index < -0.39 is 0 Å². The predicted octanol–water partition coefficient (Wildman–Crippen LogP) is 5.17. The molecule has 0 saturated heterocycles. The smallest absolute Gasteiger partial charge is 0.219 e. The molecule has 2 nitrogen and oxygen atoms in total. The van der Waals surface area contributed by atoms with Crippen LogP contribution >= 0.6 is 39.1 Å². The Morgan fingerprint density at radius 2 is 2.06 bits per heavy atom. The maximum absolute atomic E-state index is 13.1. The number of hydrogen-bond acceptors (Lipinski definition) is 2. The predicted molar refractivity (Wildman–Crippen MR) is 73.0 cm³/mol. The molecule has 0 saturated carbocycles. The number of alkyl halides is 1. The van der Waals surface area contributed by atoms with Crippen molar-refractivity contribution in [2.24, 2.45) is 0 Å². The lowest BCUT2D eigenvalue weighted by Gasteiger charge is -2.08. The fourth-order valence-electron chi connectivity index (χ4n) is 1.28. The van der Waals surface area contributed by atoms with Crippen LogP contribution in [0.5, 0.6) is 11.6 Å². The third kappa shape index (κ3) is 3.13. The second kappa shape index (κ2) is 5.87. The summed E-state index contributed by atoms with van der Waals surface area (Å²) in [6.07, 6.45) is 0. The van der Waals surface area contributed by atoms with Crippen LogP contribution in [0.1, 0.15) is 5.69 Å². The van der Waals surface area contributed by atoms with E-state index in [1.165, 1.54) is 12.1 Å². The molecule has 2 aromatic rings. The Kier molecular flexibility index (Phi) is 4.43. The summed E-state index contributed by atoms with van der Waals surface area (Å²) in [5, 5.41) is 0.468. The second-order valence-electron chi connectivity index (χ2n) is 3.39. The largest absolute Gasteiger partial charge is 0.438 e. The van der Waals surface area contributed by atoms with Gasteiger partial charge in [0.05, 0.1) is 21.1 Å². The van der Waals surface area contributed by atoms with Crippen LogP contribution in [0.3, 0.4) is 0 Å². The Morgan fingerprint density at radius 1 is 1.28 bits per heavy atom. The van der Waals surface area contributed by atoms with E-state index in [0.29, 0.717) is 26.8 Å². The van der Waals surface area contributed by atoms with Gasteiger partial charge < -0.3 is 4.74 Å². The van der Waals surface area contributed by atoms with Crippen LogP contribution in [0.2, 0.25) is 5.02 Å². The topological polar surface area (TPSA) is 22.1 Å². The van der Waals surface area contributed by atoms with Crippen molar-refractivity contribution < 1.29 is 9.13 Å². The van der Waals surface area contributed by atoms with E-state index in [4.69, 9.17) is 27.9 Å². The van der Waals surface area contributed by atoms with E-state index in [9.17, 15) is 4.39 Å². The lowest BCUT2D eigenvalue weighted by Crippen LogP contribution is -1.93. The summed E-state index contributed by atoms with van der Waals surface area (Å²) >= 11 is 14.8. The van der Waals surface area contributed by atoms with Gasteiger partial charge in [0.15, 0.2) is 0 Å². The summed E-state index contributed by atoms with van der Waals surface area (Å²) in [5.74, 6) is 0.437. The summed E-state index contributed by atoms with van der Waals surface area (Å²) in [7, 11) is 0. The zero-order chi connectivity index (χ0) is 13.1. The third-order valence-corrected chi connectivity index (χ3v) is 3.38. The SMILES string of the molecule is Fc1ccc(Br)c(Oc2ccc(Cl)c(CCl)n2)c1. The minimum absolute atomic E-state index is 0.181. The Hall–Kier alpha value is -0.840. The van der Waals surface area contributed by atoms with Crippen molar-refractivity contribution in [2.45, 2.75) is 5.88 Å². The van der Waals surface area contributed by atoms with Crippen molar-refractivity contribution in [2.75, 3.05) is 0 Å². The van der Waals surface area contributed by atoms with Crippen LogP contribution in [0.15, 0.2) is 34.8 Å². The summed E-state index contributed by atoms with van der Waals surface area (Å²) in [5.41, 5.74) is 0.517. The highest BCUT2D eigenvalue weighted by molar-refractivity contribution is 9.10. The molecule has 0 bridgehead atoms. The molecule has 0 aliphatic rings. The number of pyridine rings is 1. The lowest BCUT2D eigenvalue weighted by molar-refractivity contribution is 0.454. The Labute approximate surface area is 122 Å². The van der Waals surface area contributed by atoms with Crippen LogP contribution in [0.4, 0.5) is 4.39 Å². The molecule has 0 radical (unpaired) electrons. The van der Waals surface area contributed by atoms with Gasteiger partial charge in [0.25, 0.3) is 0 Å². The Balaban J connectivity index is 2.31. The quantitative estimate of drug-likeness (QED) is 0.712. The average molecular weight is 351 g/mol. The average Bonchev–Trinajstić information content (AvgIpc) is 2.36. The molecule has 0 N–H and O–H groups in total. The van der Waals surface area contributed by atoms with Gasteiger partial charge in [0, 0.05) is 12.1 Å². The summed E-state index contributed by atoms with van der Waals surface area (Å²) < 4.78 is 19.2. The van der Waals surface area contributed by atoms with Crippen LogP contribution in [0, 0.1) is 5.82 Å². The normalized spacial score (nSPS) is 10.4. The molecule has 0 atom stereocenters. The summed E-state index contributed by atoms with van der Waals surface area (Å²) in [6, 6.07) is 7.38. The zero-order valence-corrected chi connectivity index (χ0v) is 12.1. The van der Waals surface area contributed by atoms with Crippen molar-refractivity contribution in [3.8, 4) is 11.6 Å². The maximum atomic E-state index is 13.1. The van der Waals surface area contributed by atoms with E-state index in [2.05, 4.69) is 20.9 Å². The van der Waals surface area contributed by atoms with Gasteiger partial charge >= 0.3 is 0 Å². The van der Waals surface area contributed by atoms with Gasteiger partial charge in [-0.1, -0.05) is 11.6 Å². The number of ether oxygens (including phenoxy) is 1. The van der Waals surface area contributed by atoms with Gasteiger partial charge in [0.1, 0.15) is 11.6 Å². The van der Waals surface area contributed by atoms with E-state index in [1.54, 1.807) is 18.2 Å². The van der Waals surface area contributed by atoms with Gasteiger partial charge in [-0.3, -0.25) is 0 Å². The molecule has 0 amide bonds. The fourth-order valence-corrected chi connectivity index (χ4v) is 2.05. The van der Waals surface area contributed by atoms with Gasteiger partial charge in [-0.15, -0.1) is 11.6 Å². The van der Waals surface area contributed by atoms with Crippen LogP contribution in [-0.2, 0) is 5.88 Å². The molecule has 1 heterocycles. The van der Waals surface area contributed by atoms with Crippen LogP contribution in [0.25, 0.3) is 0 Å². The van der Waals surface area contributed by atoms with Crippen molar-refractivity contribution >= 4 is 39.1 Å². The minimum atomic E-state index is -0.389. The number of halogens is 4. The molecular weight excluding hydrogens is 344 g/mol. The van der Waals surface area contributed by atoms with Crippen molar-refractivity contribution in [1.82, 2.24) is 4.98 Å². The van der Waals surface area contributed by atoms with Gasteiger partial charge in [-0.05, 0) is 34.1 Å². The number of hydrogen-bond donors (Lipinski definition) is 0. The monoisotopic (exact) mass is 349 g/mol. The highest BCUT2D eigenvalue weighted by Crippen LogP contribution is 2.30. The van der Waals surface area contributed by atoms with E-state index >= 15 is 0 Å². The van der Waals surface area contributed by atoms with Gasteiger partial charge in [-0.25, -0.2) is 9.37 Å². The zero-order valence-electron chi connectivity index (χ0n) is 8.96. The Bertz CT molecular complexity index is 580. The molecule has 1 aromatic heterocycles. The van der Waals surface area contributed by atoms with Gasteiger partial charge in [-0.2, -0.15) is 0 Å². The molecule has 94 valence electrons. The first-order valence-electron chi connectivity index (χ1n) is 4.94. The lowest BCUT2D eigenvalue weighted by atomic mass is 10.3. The number of aromatic nitrogens is 1. The molecule has 2 rings (SSSR count). The molecule has 0 aliphatic heterocycles. The molecule has 1 aromatic carbocycles. The second-order valence-corrected chi connectivity index (χ2v) is 4.92. The molecule has 0 unspecified atom stereocenters. The van der Waals surface area contributed by atoms with Gasteiger partial charge in [0.2, 0.25) is 5.88 Å².